The summed E-state index contributed by atoms with van der Waals surface area (Å²) in [6.07, 6.45) is 22.9. The highest BCUT2D eigenvalue weighted by molar-refractivity contribution is 5.88. The van der Waals surface area contributed by atoms with Crippen molar-refractivity contribution >= 4 is 83.6 Å². The molecule has 24 rings (SSSR count). The number of carboxylic acids is 1. The lowest BCUT2D eigenvalue weighted by molar-refractivity contribution is -0.260. The predicted molar refractivity (Wildman–Crippen MR) is 505 cm³/mol. The molecule has 12 saturated carbocycles. The Morgan fingerprint density at radius 3 is 1.04 bits per heavy atom. The van der Waals surface area contributed by atoms with Gasteiger partial charge in [0.1, 0.15) is 58.0 Å². The molecule has 12 saturated heterocycles. The summed E-state index contributed by atoms with van der Waals surface area (Å²) in [5.74, 6) is -6.09. The first-order valence-electron chi connectivity index (χ1n) is 52.1. The molecule has 12 aliphatic carbocycles. The second-order valence-electron chi connectivity index (χ2n) is 55.2. The highest BCUT2D eigenvalue weighted by Crippen LogP contribution is 2.69. The largest absolute Gasteiger partial charge is 0.481 e. The number of hydrogen-bond donors (Lipinski definition) is 1. The van der Waals surface area contributed by atoms with Crippen LogP contribution in [0, 0.1) is 105 Å². The van der Waals surface area contributed by atoms with Gasteiger partial charge in [0.15, 0.2) is 0 Å². The Labute approximate surface area is 819 Å². The van der Waals surface area contributed by atoms with Gasteiger partial charge in [0.05, 0.1) is 72.4 Å². The molecule has 776 valence electrons. The van der Waals surface area contributed by atoms with Crippen LogP contribution in [-0.2, 0) is 129 Å². The summed E-state index contributed by atoms with van der Waals surface area (Å²) in [5, 5.41) is 9.74. The van der Waals surface area contributed by atoms with Crippen LogP contribution in [0.2, 0.25) is 0 Å². The van der Waals surface area contributed by atoms with Crippen molar-refractivity contribution in [2.45, 2.75) is 501 Å². The van der Waals surface area contributed by atoms with E-state index in [-0.39, 0.29) is 147 Å². The van der Waals surface area contributed by atoms with E-state index in [0.717, 1.165) is 89.9 Å². The zero-order chi connectivity index (χ0) is 103. The van der Waals surface area contributed by atoms with Gasteiger partial charge in [0.25, 0.3) is 5.79 Å². The third kappa shape index (κ3) is 21.6. The fourth-order valence-corrected chi connectivity index (χ4v) is 29.5. The summed E-state index contributed by atoms with van der Waals surface area (Å²) >= 11 is 0. The van der Waals surface area contributed by atoms with Gasteiger partial charge in [-0.05, 0) is 279 Å². The minimum atomic E-state index is -1.07. The third-order valence-electron chi connectivity index (χ3n) is 36.6. The number of ether oxygens (including phenoxy) is 13. The van der Waals surface area contributed by atoms with Crippen molar-refractivity contribution in [2.75, 3.05) is 0 Å². The summed E-state index contributed by atoms with van der Waals surface area (Å²) < 4.78 is 75.7. The maximum atomic E-state index is 13.1. The van der Waals surface area contributed by atoms with Gasteiger partial charge in [-0.2, -0.15) is 0 Å². The molecule has 138 heavy (non-hydrogen) atoms. The SMILES string of the molecule is CCC(C)(C)C(=O)OC12CC3(C)CC(CC(C)(C3)C1)C(=O)O2.CCC(C)(C)C(=O)OC12CC3(C)CC(CC(C)(C3)C1)OC2=O.CCC(C)(C)C(=O)OC12CC3CC(C(=O)O)(CC(C1)C(=O)O3)C2.CCC(C)(C)C(=O)OC12CC3CC(C(=O)OC(C)(C)C)(CC(C1)C(=O)O3)C2.CCC(C)(C)C(=O)OC12CC3CC(C)(C1)CC(C)(C2)C(=O)O3.CCC(C)(C)C(=O)OC12CC3CC(C)(CC(C)(C1)OC3=O)C2. The monoisotopic (exact) mass is 1940 g/mol. The van der Waals surface area contributed by atoms with Gasteiger partial charge in [0.2, 0.25) is 5.60 Å². The number of rotatable bonds is 20. The number of hydrogen-bond acceptors (Lipinski definition) is 27. The second kappa shape index (κ2) is 35.5. The third-order valence-corrected chi connectivity index (χ3v) is 36.6. The lowest BCUT2D eigenvalue weighted by Gasteiger charge is -2.54. The van der Waals surface area contributed by atoms with Crippen molar-refractivity contribution in [3.8, 4) is 0 Å². The van der Waals surface area contributed by atoms with Crippen molar-refractivity contribution < 1.29 is 134 Å². The quantitative estimate of drug-likeness (QED) is 0.0873. The van der Waals surface area contributed by atoms with Crippen molar-refractivity contribution in [2.24, 2.45) is 105 Å². The van der Waals surface area contributed by atoms with E-state index in [1.165, 1.54) is 0 Å². The van der Waals surface area contributed by atoms with E-state index in [9.17, 15) is 72.2 Å². The van der Waals surface area contributed by atoms with Crippen molar-refractivity contribution in [1.82, 2.24) is 0 Å². The Kier molecular flexibility index (Phi) is 27.8. The minimum absolute atomic E-state index is 0.0153. The van der Waals surface area contributed by atoms with E-state index in [0.29, 0.717) is 128 Å². The van der Waals surface area contributed by atoms with Crippen LogP contribution in [-0.4, -0.2) is 158 Å². The fraction of sp³-hybridized carbons (Fsp3) is 0.873. The zero-order valence-corrected chi connectivity index (χ0v) is 89.0. The average molecular weight is 1940 g/mol. The Morgan fingerprint density at radius 1 is 0.297 bits per heavy atom. The molecule has 20 unspecified atom stereocenters. The van der Waals surface area contributed by atoms with Crippen LogP contribution in [0.1, 0.15) is 432 Å². The highest BCUT2D eigenvalue weighted by Gasteiger charge is 2.72. The molecule has 12 aliphatic heterocycles. The second-order valence-corrected chi connectivity index (χ2v) is 55.2. The Balaban J connectivity index is 0.000000140. The number of fused-ring (bicyclic) bond motifs is 6. The van der Waals surface area contributed by atoms with Gasteiger partial charge in [-0.1, -0.05) is 83.1 Å². The van der Waals surface area contributed by atoms with Crippen LogP contribution in [0.25, 0.3) is 0 Å². The standard InChI is InChI=1S/C21H32O6.4C18H28O4.C17H24O6/c1-7-19(5,6)16(23)27-21-9-13-8-20(12-21,17(24)26-18(2,3)4)10-14(11-21)25-15(13)22;1-6-15(2,3)13(19)22-18-8-12-7-16(4,10-18)9-17(5,11-18)14(20)21-12;1-6-15(2,3)13(19)22-18-10-16(4)7-12(21-14(18)20)8-17(5,9-16)11-18;1-6-15(2,3)14(20)22-18-8-12-7-16(4,10-18)9-17(5,11-18)21-13(12)19;1-6-15(2,3)14(20)22-18-10-16(4)7-12(13(19)21-18)8-17(5,9-16)11-18;1-4-15(2,3)14(21)23-17-6-10-5-16(9-17,13(19)20)7-11(8-17)22-12(10)18/h13-14H,7-12H2,1-6H3;4*12H,6-11H2,1-5H3;10-11H,4-9H2,1-3H3,(H,19,20). The van der Waals surface area contributed by atoms with Gasteiger partial charge in [-0.15, -0.1) is 0 Å². The van der Waals surface area contributed by atoms with Gasteiger partial charge in [-0.3, -0.25) is 62.3 Å². The normalized spacial score (nSPS) is 41.3. The van der Waals surface area contributed by atoms with Gasteiger partial charge < -0.3 is 66.7 Å². The van der Waals surface area contributed by atoms with Crippen molar-refractivity contribution in [3.05, 3.63) is 0 Å². The van der Waals surface area contributed by atoms with Gasteiger partial charge in [0, 0.05) is 103 Å². The Bertz CT molecular complexity index is 4760. The number of carbonyl (C=O) groups excluding carboxylic acids is 13. The van der Waals surface area contributed by atoms with Crippen LogP contribution in [0.3, 0.4) is 0 Å². The maximum Gasteiger partial charge on any atom is 0.350 e. The number of esters is 13. The minimum Gasteiger partial charge on any atom is -0.481 e. The average Bonchev–Trinajstić information content (AvgIpc) is 1.51. The molecular weight excluding hydrogens is 1770 g/mol. The molecular formula is C110H168O28. The molecule has 0 aromatic heterocycles. The Morgan fingerprint density at radius 2 is 0.616 bits per heavy atom. The maximum absolute atomic E-state index is 13.1. The lowest BCUT2D eigenvalue weighted by Crippen LogP contribution is -2.57. The fourth-order valence-electron chi connectivity index (χ4n) is 29.5. The molecule has 24 fully saturated rings. The molecule has 0 aromatic rings. The van der Waals surface area contributed by atoms with Gasteiger partial charge in [-0.25, -0.2) is 4.79 Å². The number of carbonyl (C=O) groups is 14. The van der Waals surface area contributed by atoms with Crippen LogP contribution in [0.5, 0.6) is 0 Å². The van der Waals surface area contributed by atoms with Crippen LogP contribution >= 0.6 is 0 Å². The van der Waals surface area contributed by atoms with Crippen LogP contribution < -0.4 is 0 Å². The molecule has 0 aromatic carbocycles. The smallest absolute Gasteiger partial charge is 0.350 e. The summed E-state index contributed by atoms with van der Waals surface area (Å²) in [4.78, 5) is 175. The summed E-state index contributed by atoms with van der Waals surface area (Å²) in [6.45, 7) is 57.1. The molecule has 24 aliphatic rings. The van der Waals surface area contributed by atoms with E-state index >= 15 is 0 Å². The van der Waals surface area contributed by atoms with Crippen LogP contribution in [0.15, 0.2) is 0 Å². The Hall–Kier alpha value is -7.42. The summed E-state index contributed by atoms with van der Waals surface area (Å²) in [7, 11) is 0. The molecule has 12 heterocycles. The predicted octanol–water partition coefficient (Wildman–Crippen LogP) is 20.5. The van der Waals surface area contributed by atoms with E-state index in [1.54, 1.807) is 0 Å². The van der Waals surface area contributed by atoms with E-state index in [4.69, 9.17) is 61.6 Å². The number of aliphatic carboxylic acids is 1. The first-order valence-corrected chi connectivity index (χ1v) is 52.1. The number of carboxylic acid groups (broad SMARTS) is 1. The van der Waals surface area contributed by atoms with E-state index in [1.807, 2.05) is 159 Å². The molecule has 1 N–H and O–H groups in total. The van der Waals surface area contributed by atoms with Crippen LogP contribution in [0.4, 0.5) is 0 Å². The lowest BCUT2D eigenvalue weighted by atomic mass is 9.52. The molecule has 28 heteroatoms. The summed E-state index contributed by atoms with van der Waals surface area (Å²) in [5.41, 5.74) is -10.5. The first kappa shape index (κ1) is 108. The van der Waals surface area contributed by atoms with Gasteiger partial charge >= 0.3 is 83.6 Å². The zero-order valence-electron chi connectivity index (χ0n) is 89.0. The molecule has 24 bridgehead atoms. The molecule has 0 radical (unpaired) electrons. The first-order chi connectivity index (χ1) is 63.0. The van der Waals surface area contributed by atoms with E-state index < -0.39 is 124 Å². The molecule has 20 atom stereocenters. The topological polar surface area (TPSA) is 379 Å². The van der Waals surface area contributed by atoms with Crippen molar-refractivity contribution in [1.29, 1.82) is 0 Å². The molecule has 0 amide bonds. The summed E-state index contributed by atoms with van der Waals surface area (Å²) in [6, 6.07) is 0. The van der Waals surface area contributed by atoms with Crippen molar-refractivity contribution in [3.63, 3.8) is 0 Å². The van der Waals surface area contributed by atoms with E-state index in [2.05, 4.69) is 41.5 Å². The highest BCUT2D eigenvalue weighted by atomic mass is 16.7. The molecule has 0 spiro atoms. The molecule has 28 nitrogen and oxygen atoms in total.